The maximum absolute atomic E-state index is 11.5. The van der Waals surface area contributed by atoms with Gasteiger partial charge in [-0.1, -0.05) is 101 Å². The molecule has 4 aromatic rings. The van der Waals surface area contributed by atoms with Gasteiger partial charge >= 0.3 is 0 Å². The van der Waals surface area contributed by atoms with E-state index in [0.717, 1.165) is 47.0 Å². The van der Waals surface area contributed by atoms with E-state index in [1.165, 1.54) is 38.5 Å². The minimum Gasteiger partial charge on any atom is -0.505 e. The predicted octanol–water partition coefficient (Wildman–Crippen LogP) is 8.43. The second kappa shape index (κ2) is 11.8. The number of benzene rings is 3. The third-order valence-electron chi connectivity index (χ3n) is 6.71. The Balaban J connectivity index is 1.71. The minimum atomic E-state index is 0.310. The van der Waals surface area contributed by atoms with Crippen molar-refractivity contribution >= 4 is 11.0 Å². The van der Waals surface area contributed by atoms with Crippen LogP contribution < -0.4 is 0 Å². The fourth-order valence-corrected chi connectivity index (χ4v) is 4.84. The van der Waals surface area contributed by atoms with Gasteiger partial charge in [-0.05, 0) is 59.7 Å². The number of phenols is 1. The van der Waals surface area contributed by atoms with Gasteiger partial charge in [0.2, 0.25) is 0 Å². The van der Waals surface area contributed by atoms with Crippen LogP contribution in [-0.4, -0.2) is 20.1 Å². The van der Waals surface area contributed by atoms with Crippen LogP contribution in [0.4, 0.5) is 0 Å². The van der Waals surface area contributed by atoms with Crippen molar-refractivity contribution in [3.63, 3.8) is 0 Å². The van der Waals surface area contributed by atoms with Crippen molar-refractivity contribution in [1.82, 2.24) is 15.0 Å². The molecule has 178 valence electrons. The zero-order chi connectivity index (χ0) is 23.8. The molecule has 1 N–H and O–H groups in total. The van der Waals surface area contributed by atoms with Gasteiger partial charge < -0.3 is 5.11 Å². The molecule has 4 heteroatoms. The van der Waals surface area contributed by atoms with Gasteiger partial charge in [-0.25, -0.2) is 0 Å². The molecule has 0 aliphatic heterocycles. The Kier molecular flexibility index (Phi) is 8.35. The third kappa shape index (κ3) is 5.67. The lowest BCUT2D eigenvalue weighted by Gasteiger charge is -2.21. The van der Waals surface area contributed by atoms with Gasteiger partial charge in [-0.2, -0.15) is 0 Å². The van der Waals surface area contributed by atoms with Gasteiger partial charge in [0.05, 0.1) is 0 Å². The number of unbranched alkanes of at least 4 members (excludes halogenated alkanes) is 5. The summed E-state index contributed by atoms with van der Waals surface area (Å²) in [6.07, 6.45) is 10.9. The number of phenolic OH excluding ortho intramolecular Hbond substituents is 1. The van der Waals surface area contributed by atoms with E-state index in [1.807, 2.05) is 36.4 Å². The monoisotopic (exact) mass is 455 g/mol. The fourth-order valence-electron chi connectivity index (χ4n) is 4.84. The summed E-state index contributed by atoms with van der Waals surface area (Å²) in [5, 5.41) is 20.9. The van der Waals surface area contributed by atoms with E-state index < -0.39 is 0 Å². The van der Waals surface area contributed by atoms with Gasteiger partial charge in [0.1, 0.15) is 22.5 Å². The van der Waals surface area contributed by atoms with Crippen LogP contribution in [0.1, 0.15) is 83.1 Å². The number of aromatic nitrogens is 3. The maximum Gasteiger partial charge on any atom is 0.146 e. The molecule has 0 amide bonds. The Morgan fingerprint density at radius 1 is 0.706 bits per heavy atom. The van der Waals surface area contributed by atoms with Crippen LogP contribution in [0.5, 0.6) is 5.75 Å². The van der Waals surface area contributed by atoms with Crippen molar-refractivity contribution in [3.05, 3.63) is 72.3 Å². The first-order valence-corrected chi connectivity index (χ1v) is 13.0. The fraction of sp³-hybridized carbons (Fsp3) is 0.400. The largest absolute Gasteiger partial charge is 0.505 e. The van der Waals surface area contributed by atoms with Crippen LogP contribution in [0, 0.1) is 0 Å². The highest BCUT2D eigenvalue weighted by Crippen LogP contribution is 2.40. The molecule has 0 saturated carbocycles. The molecule has 0 saturated heterocycles. The topological polar surface area (TPSA) is 50.9 Å². The number of rotatable bonds is 12. The predicted molar refractivity (Wildman–Crippen MR) is 142 cm³/mol. The van der Waals surface area contributed by atoms with Crippen molar-refractivity contribution in [2.75, 3.05) is 0 Å². The summed E-state index contributed by atoms with van der Waals surface area (Å²) < 4.78 is 0. The first-order valence-electron chi connectivity index (χ1n) is 13.0. The lowest BCUT2D eigenvalue weighted by Crippen LogP contribution is -2.05. The van der Waals surface area contributed by atoms with E-state index in [4.69, 9.17) is 0 Å². The van der Waals surface area contributed by atoms with E-state index in [0.29, 0.717) is 17.4 Å². The van der Waals surface area contributed by atoms with Crippen LogP contribution in [0.2, 0.25) is 0 Å². The molecule has 1 atom stereocenters. The van der Waals surface area contributed by atoms with E-state index in [9.17, 15) is 5.11 Å². The maximum atomic E-state index is 11.5. The summed E-state index contributed by atoms with van der Waals surface area (Å²) in [6, 6.07) is 22.4. The SMILES string of the molecule is CCCCCCCCC(CCC)c1cc(-c2ccccc2)cc(-n2nc3ccccc3n2)c1O. The molecular formula is C30H37N3O. The van der Waals surface area contributed by atoms with Gasteiger partial charge in [-0.3, -0.25) is 0 Å². The van der Waals surface area contributed by atoms with Crippen LogP contribution in [-0.2, 0) is 0 Å². The zero-order valence-corrected chi connectivity index (χ0v) is 20.6. The number of aromatic hydroxyl groups is 1. The van der Waals surface area contributed by atoms with Crippen LogP contribution in [0.25, 0.3) is 27.8 Å². The Bertz CT molecular complexity index is 1150. The quantitative estimate of drug-likeness (QED) is 0.218. The Morgan fingerprint density at radius 2 is 1.35 bits per heavy atom. The Morgan fingerprint density at radius 3 is 2.03 bits per heavy atom. The van der Waals surface area contributed by atoms with Crippen molar-refractivity contribution in [2.45, 2.75) is 77.6 Å². The van der Waals surface area contributed by atoms with Gasteiger partial charge in [0.25, 0.3) is 0 Å². The molecule has 3 aromatic carbocycles. The second-order valence-corrected chi connectivity index (χ2v) is 9.32. The Hall–Kier alpha value is -3.14. The summed E-state index contributed by atoms with van der Waals surface area (Å²) in [4.78, 5) is 1.60. The van der Waals surface area contributed by atoms with Crippen molar-refractivity contribution < 1.29 is 5.11 Å². The van der Waals surface area contributed by atoms with E-state index in [-0.39, 0.29) is 0 Å². The van der Waals surface area contributed by atoms with Gasteiger partial charge in [0.15, 0.2) is 0 Å². The molecule has 0 fully saturated rings. The molecule has 0 radical (unpaired) electrons. The van der Waals surface area contributed by atoms with Crippen LogP contribution in [0.3, 0.4) is 0 Å². The van der Waals surface area contributed by atoms with E-state index in [1.54, 1.807) is 4.80 Å². The number of fused-ring (bicyclic) bond motifs is 1. The number of hydrogen-bond acceptors (Lipinski definition) is 3. The summed E-state index contributed by atoms with van der Waals surface area (Å²) in [6.45, 7) is 4.49. The van der Waals surface area contributed by atoms with Gasteiger partial charge in [-0.15, -0.1) is 15.0 Å². The summed E-state index contributed by atoms with van der Waals surface area (Å²) in [5.41, 5.74) is 5.55. The molecule has 0 aliphatic carbocycles. The highest BCUT2D eigenvalue weighted by atomic mass is 16.3. The summed E-state index contributed by atoms with van der Waals surface area (Å²) in [5.74, 6) is 0.632. The van der Waals surface area contributed by atoms with Crippen molar-refractivity contribution in [1.29, 1.82) is 0 Å². The molecule has 4 rings (SSSR count). The zero-order valence-electron chi connectivity index (χ0n) is 20.6. The summed E-state index contributed by atoms with van der Waals surface area (Å²) >= 11 is 0. The average molecular weight is 456 g/mol. The standard InChI is InChI=1S/C30H37N3O/c1-3-5-6-7-8-10-18-24(15-4-2)26-21-25(23-16-11-9-12-17-23)22-29(30(26)34)33-31-27-19-13-14-20-28(27)32-33/h9,11-14,16-17,19-22,24,34H,3-8,10,15,18H2,1-2H3. The minimum absolute atomic E-state index is 0.310. The first kappa shape index (κ1) is 24.0. The third-order valence-corrected chi connectivity index (χ3v) is 6.71. The van der Waals surface area contributed by atoms with E-state index >= 15 is 0 Å². The highest BCUT2D eigenvalue weighted by Gasteiger charge is 2.21. The van der Waals surface area contributed by atoms with Crippen LogP contribution in [0.15, 0.2) is 66.7 Å². The first-order chi connectivity index (χ1) is 16.7. The highest BCUT2D eigenvalue weighted by molar-refractivity contribution is 5.75. The summed E-state index contributed by atoms with van der Waals surface area (Å²) in [7, 11) is 0. The molecule has 1 unspecified atom stereocenters. The van der Waals surface area contributed by atoms with Crippen LogP contribution >= 0.6 is 0 Å². The number of hydrogen-bond donors (Lipinski definition) is 1. The smallest absolute Gasteiger partial charge is 0.146 e. The molecular weight excluding hydrogens is 418 g/mol. The lowest BCUT2D eigenvalue weighted by atomic mass is 9.86. The van der Waals surface area contributed by atoms with E-state index in [2.05, 4.69) is 54.4 Å². The average Bonchev–Trinajstić information content (AvgIpc) is 3.30. The normalized spacial score (nSPS) is 12.3. The molecule has 0 bridgehead atoms. The molecule has 1 heterocycles. The Labute approximate surface area is 203 Å². The van der Waals surface area contributed by atoms with Gasteiger partial charge in [0, 0.05) is 0 Å². The lowest BCUT2D eigenvalue weighted by molar-refractivity contribution is 0.439. The molecule has 1 aromatic heterocycles. The van der Waals surface area contributed by atoms with Crippen molar-refractivity contribution in [3.8, 4) is 22.6 Å². The molecule has 4 nitrogen and oxygen atoms in total. The van der Waals surface area contributed by atoms with Crippen molar-refractivity contribution in [2.24, 2.45) is 0 Å². The molecule has 0 spiro atoms. The molecule has 0 aliphatic rings. The molecule has 34 heavy (non-hydrogen) atoms. The number of nitrogens with zero attached hydrogens (tertiary/aromatic N) is 3. The second-order valence-electron chi connectivity index (χ2n) is 9.32.